The van der Waals surface area contributed by atoms with E-state index in [0.29, 0.717) is 12.1 Å². The smallest absolute Gasteiger partial charge is 0.0338 e. The number of hydrogen-bond acceptors (Lipinski definition) is 3. The number of hydrogen-bond donors (Lipinski definition) is 2. The maximum absolute atomic E-state index is 3.79. The summed E-state index contributed by atoms with van der Waals surface area (Å²) in [6.45, 7) is 6.62. The second-order valence-electron chi connectivity index (χ2n) is 4.94. The summed E-state index contributed by atoms with van der Waals surface area (Å²) in [5, 5.41) is 7.29. The normalized spacial score (nSPS) is 21.1. The second-order valence-corrected chi connectivity index (χ2v) is 6.26. The minimum atomic E-state index is 0.503. The summed E-state index contributed by atoms with van der Waals surface area (Å²) >= 11 is 2.01. The molecule has 0 aromatic heterocycles. The first-order chi connectivity index (χ1) is 8.81. The van der Waals surface area contributed by atoms with Crippen LogP contribution in [-0.4, -0.2) is 24.1 Å². The maximum atomic E-state index is 3.79. The van der Waals surface area contributed by atoms with Crippen LogP contribution in [0.2, 0.25) is 0 Å². The van der Waals surface area contributed by atoms with Crippen LogP contribution in [-0.2, 0) is 6.54 Å². The molecule has 0 amide bonds. The third-order valence-electron chi connectivity index (χ3n) is 3.41. The van der Waals surface area contributed by atoms with E-state index in [-0.39, 0.29) is 0 Å². The molecule has 1 aromatic carbocycles. The van der Waals surface area contributed by atoms with Crippen molar-refractivity contribution in [3.63, 3.8) is 0 Å². The van der Waals surface area contributed by atoms with Crippen LogP contribution in [0.1, 0.15) is 37.4 Å². The molecule has 2 unspecified atom stereocenters. The highest BCUT2D eigenvalue weighted by atomic mass is 32.2. The average molecular weight is 264 g/mol. The molecular weight excluding hydrogens is 240 g/mol. The van der Waals surface area contributed by atoms with E-state index in [1.165, 1.54) is 29.1 Å². The highest BCUT2D eigenvalue weighted by molar-refractivity contribution is 7.99. The zero-order chi connectivity index (χ0) is 12.8. The molecule has 1 heterocycles. The average Bonchev–Trinajstić information content (AvgIpc) is 2.59. The Morgan fingerprint density at radius 1 is 1.44 bits per heavy atom. The first kappa shape index (κ1) is 13.9. The zero-order valence-electron chi connectivity index (χ0n) is 11.4. The van der Waals surface area contributed by atoms with Crippen LogP contribution in [0.3, 0.4) is 0 Å². The summed E-state index contributed by atoms with van der Waals surface area (Å²) in [7, 11) is 0. The molecule has 0 aliphatic carbocycles. The van der Waals surface area contributed by atoms with Gasteiger partial charge in [0, 0.05) is 24.4 Å². The highest BCUT2D eigenvalue weighted by Gasteiger charge is 2.19. The van der Waals surface area contributed by atoms with Gasteiger partial charge in [0.15, 0.2) is 0 Å². The van der Waals surface area contributed by atoms with Crippen molar-refractivity contribution in [1.29, 1.82) is 0 Å². The molecule has 0 saturated heterocycles. The van der Waals surface area contributed by atoms with Crippen molar-refractivity contribution >= 4 is 11.8 Å². The molecule has 0 fully saturated rings. The number of nitrogens with one attached hydrogen (secondary N) is 2. The predicted molar refractivity (Wildman–Crippen MR) is 81.1 cm³/mol. The van der Waals surface area contributed by atoms with Crippen molar-refractivity contribution in [3.8, 4) is 0 Å². The van der Waals surface area contributed by atoms with Crippen LogP contribution in [0, 0.1) is 0 Å². The van der Waals surface area contributed by atoms with Gasteiger partial charge in [0.2, 0.25) is 0 Å². The summed E-state index contributed by atoms with van der Waals surface area (Å²) in [5.74, 6) is 2.40. The molecule has 0 radical (unpaired) electrons. The number of fused-ring (bicyclic) bond motifs is 1. The maximum Gasteiger partial charge on any atom is 0.0338 e. The van der Waals surface area contributed by atoms with E-state index in [9.17, 15) is 0 Å². The van der Waals surface area contributed by atoms with E-state index >= 15 is 0 Å². The fourth-order valence-corrected chi connectivity index (χ4v) is 3.20. The molecule has 100 valence electrons. The van der Waals surface area contributed by atoms with Crippen molar-refractivity contribution in [2.45, 2.75) is 38.9 Å². The minimum absolute atomic E-state index is 0.503. The lowest BCUT2D eigenvalue weighted by Crippen LogP contribution is -2.33. The fourth-order valence-electron chi connectivity index (χ4n) is 2.52. The van der Waals surface area contributed by atoms with Crippen molar-refractivity contribution in [2.24, 2.45) is 0 Å². The molecule has 0 bridgehead atoms. The second kappa shape index (κ2) is 7.17. The monoisotopic (exact) mass is 264 g/mol. The van der Waals surface area contributed by atoms with Gasteiger partial charge in [-0.25, -0.2) is 0 Å². The standard InChI is InChI=1S/C15H24N2S/c1-3-18-11-12(2)17-15-8-9-16-10-13-6-4-5-7-14(13)15/h4-7,12,15-17H,3,8-11H2,1-2H3. The van der Waals surface area contributed by atoms with E-state index in [4.69, 9.17) is 0 Å². The largest absolute Gasteiger partial charge is 0.313 e. The number of benzene rings is 1. The lowest BCUT2D eigenvalue weighted by atomic mass is 9.99. The molecule has 18 heavy (non-hydrogen) atoms. The van der Waals surface area contributed by atoms with Gasteiger partial charge in [-0.15, -0.1) is 0 Å². The van der Waals surface area contributed by atoms with Gasteiger partial charge in [-0.05, 0) is 36.8 Å². The number of thioether (sulfide) groups is 1. The molecule has 2 N–H and O–H groups in total. The van der Waals surface area contributed by atoms with Crippen molar-refractivity contribution in [1.82, 2.24) is 10.6 Å². The molecule has 2 nitrogen and oxygen atoms in total. The van der Waals surface area contributed by atoms with E-state index in [0.717, 1.165) is 13.1 Å². The Morgan fingerprint density at radius 2 is 2.28 bits per heavy atom. The van der Waals surface area contributed by atoms with Gasteiger partial charge < -0.3 is 10.6 Å². The third-order valence-corrected chi connectivity index (χ3v) is 4.56. The Hall–Kier alpha value is -0.510. The molecule has 0 spiro atoms. The summed E-state index contributed by atoms with van der Waals surface area (Å²) in [4.78, 5) is 0. The van der Waals surface area contributed by atoms with Gasteiger partial charge in [-0.3, -0.25) is 0 Å². The Morgan fingerprint density at radius 3 is 3.11 bits per heavy atom. The van der Waals surface area contributed by atoms with Gasteiger partial charge in [-0.2, -0.15) is 11.8 Å². The summed E-state index contributed by atoms with van der Waals surface area (Å²) < 4.78 is 0. The van der Waals surface area contributed by atoms with Crippen molar-refractivity contribution in [3.05, 3.63) is 35.4 Å². The zero-order valence-corrected chi connectivity index (χ0v) is 12.2. The van der Waals surface area contributed by atoms with E-state index in [2.05, 4.69) is 48.7 Å². The molecule has 1 aliphatic rings. The SMILES string of the molecule is CCSCC(C)NC1CCNCc2ccccc21. The summed E-state index contributed by atoms with van der Waals surface area (Å²) in [5.41, 5.74) is 2.93. The van der Waals surface area contributed by atoms with E-state index < -0.39 is 0 Å². The Bertz CT molecular complexity index is 367. The van der Waals surface area contributed by atoms with Crippen LogP contribution in [0.25, 0.3) is 0 Å². The number of rotatable bonds is 5. The van der Waals surface area contributed by atoms with Gasteiger partial charge in [0.05, 0.1) is 0 Å². The van der Waals surface area contributed by atoms with Gasteiger partial charge in [0.25, 0.3) is 0 Å². The fraction of sp³-hybridized carbons (Fsp3) is 0.600. The molecular formula is C15H24N2S. The van der Waals surface area contributed by atoms with Crippen LogP contribution in [0.5, 0.6) is 0 Å². The van der Waals surface area contributed by atoms with Crippen LogP contribution in [0.4, 0.5) is 0 Å². The van der Waals surface area contributed by atoms with Crippen LogP contribution < -0.4 is 10.6 Å². The van der Waals surface area contributed by atoms with Crippen LogP contribution in [0.15, 0.2) is 24.3 Å². The lowest BCUT2D eigenvalue weighted by Gasteiger charge is -2.23. The van der Waals surface area contributed by atoms with Gasteiger partial charge >= 0.3 is 0 Å². The predicted octanol–water partition coefficient (Wildman–Crippen LogP) is 2.95. The van der Waals surface area contributed by atoms with Gasteiger partial charge in [0.1, 0.15) is 0 Å². The van der Waals surface area contributed by atoms with Crippen molar-refractivity contribution in [2.75, 3.05) is 18.1 Å². The van der Waals surface area contributed by atoms with Crippen LogP contribution >= 0.6 is 11.8 Å². The molecule has 1 aromatic rings. The first-order valence-electron chi connectivity index (χ1n) is 6.93. The lowest BCUT2D eigenvalue weighted by molar-refractivity contribution is 0.455. The Balaban J connectivity index is 2.03. The molecule has 1 aliphatic heterocycles. The molecule has 2 atom stereocenters. The first-order valence-corrected chi connectivity index (χ1v) is 8.09. The minimum Gasteiger partial charge on any atom is -0.313 e. The van der Waals surface area contributed by atoms with E-state index in [1.807, 2.05) is 11.8 Å². The summed E-state index contributed by atoms with van der Waals surface area (Å²) in [6, 6.07) is 9.89. The van der Waals surface area contributed by atoms with Gasteiger partial charge in [-0.1, -0.05) is 31.2 Å². The van der Waals surface area contributed by atoms with Crippen molar-refractivity contribution < 1.29 is 0 Å². The summed E-state index contributed by atoms with van der Waals surface area (Å²) in [6.07, 6.45) is 1.18. The van der Waals surface area contributed by atoms with E-state index in [1.54, 1.807) is 0 Å². The Labute approximate surface area is 115 Å². The Kier molecular flexibility index (Phi) is 5.54. The quantitative estimate of drug-likeness (QED) is 0.855. The molecule has 0 saturated carbocycles. The molecule has 2 rings (SSSR count). The topological polar surface area (TPSA) is 24.1 Å². The highest BCUT2D eigenvalue weighted by Crippen LogP contribution is 2.24. The molecule has 3 heteroatoms. The third kappa shape index (κ3) is 3.74.